The molecule has 2 aromatic carbocycles. The second-order valence-corrected chi connectivity index (χ2v) is 7.01. The summed E-state index contributed by atoms with van der Waals surface area (Å²) in [6.45, 7) is 3.39. The van der Waals surface area contributed by atoms with E-state index in [4.69, 9.17) is 9.72 Å². The van der Waals surface area contributed by atoms with E-state index < -0.39 is 0 Å². The molecule has 0 unspecified atom stereocenters. The highest BCUT2D eigenvalue weighted by Gasteiger charge is 2.23. The molecule has 148 valence electrons. The maximum absolute atomic E-state index is 12.8. The molecule has 4 rings (SSSR count). The van der Waals surface area contributed by atoms with Crippen molar-refractivity contribution < 1.29 is 9.53 Å². The van der Waals surface area contributed by atoms with Gasteiger partial charge in [-0.3, -0.25) is 4.79 Å². The summed E-state index contributed by atoms with van der Waals surface area (Å²) in [5.74, 6) is 1.69. The van der Waals surface area contributed by atoms with Crippen molar-refractivity contribution in [3.63, 3.8) is 0 Å². The van der Waals surface area contributed by atoms with Crippen LogP contribution >= 0.6 is 0 Å². The van der Waals surface area contributed by atoms with Crippen molar-refractivity contribution in [1.82, 2.24) is 14.9 Å². The lowest BCUT2D eigenvalue weighted by Crippen LogP contribution is -2.49. The van der Waals surface area contributed by atoms with Gasteiger partial charge in [0.15, 0.2) is 5.82 Å². The van der Waals surface area contributed by atoms with Gasteiger partial charge >= 0.3 is 0 Å². The number of hydrogen-bond donors (Lipinski definition) is 0. The number of hydrogen-bond acceptors (Lipinski definition) is 5. The molecule has 0 atom stereocenters. The van der Waals surface area contributed by atoms with Gasteiger partial charge in [0.05, 0.1) is 6.61 Å². The van der Waals surface area contributed by atoms with E-state index in [1.807, 2.05) is 65.6 Å². The van der Waals surface area contributed by atoms with Gasteiger partial charge in [0.2, 0.25) is 0 Å². The summed E-state index contributed by atoms with van der Waals surface area (Å²) in [6, 6.07) is 19.5. The maximum atomic E-state index is 12.8. The molecule has 0 aliphatic carbocycles. The minimum absolute atomic E-state index is 0.0706. The van der Waals surface area contributed by atoms with E-state index >= 15 is 0 Å². The minimum Gasteiger partial charge on any atom is -0.380 e. The van der Waals surface area contributed by atoms with Crippen molar-refractivity contribution >= 4 is 11.7 Å². The Morgan fingerprint density at radius 2 is 1.69 bits per heavy atom. The topological polar surface area (TPSA) is 58.6 Å². The summed E-state index contributed by atoms with van der Waals surface area (Å²) in [6.07, 6.45) is 1.80. The van der Waals surface area contributed by atoms with Gasteiger partial charge in [-0.15, -0.1) is 0 Å². The Kier molecular flexibility index (Phi) is 5.81. The number of carbonyl (C=O) groups excluding carboxylic acids is 1. The fourth-order valence-corrected chi connectivity index (χ4v) is 3.48. The highest BCUT2D eigenvalue weighted by Crippen LogP contribution is 2.20. The van der Waals surface area contributed by atoms with Crippen LogP contribution in [0.1, 0.15) is 15.9 Å². The molecule has 0 radical (unpaired) electrons. The maximum Gasteiger partial charge on any atom is 0.253 e. The van der Waals surface area contributed by atoms with Crippen molar-refractivity contribution in [2.24, 2.45) is 0 Å². The molecule has 0 spiro atoms. The number of carbonyl (C=O) groups is 1. The van der Waals surface area contributed by atoms with Crippen LogP contribution < -0.4 is 4.90 Å². The van der Waals surface area contributed by atoms with E-state index in [0.29, 0.717) is 25.3 Å². The second kappa shape index (κ2) is 8.84. The highest BCUT2D eigenvalue weighted by molar-refractivity contribution is 5.94. The first-order valence-corrected chi connectivity index (χ1v) is 9.75. The van der Waals surface area contributed by atoms with Crippen LogP contribution in [0, 0.1) is 0 Å². The lowest BCUT2D eigenvalue weighted by atomic mass is 10.1. The quantitative estimate of drug-likeness (QED) is 0.672. The third kappa shape index (κ3) is 4.43. The van der Waals surface area contributed by atoms with Crippen LogP contribution in [0.25, 0.3) is 11.4 Å². The van der Waals surface area contributed by atoms with Crippen LogP contribution in [-0.2, 0) is 11.3 Å². The molecule has 2 heterocycles. The first-order chi connectivity index (χ1) is 14.2. The molecule has 0 saturated carbocycles. The molecular formula is C23H24N4O2. The van der Waals surface area contributed by atoms with Crippen LogP contribution in [0.5, 0.6) is 0 Å². The van der Waals surface area contributed by atoms with Gasteiger partial charge in [0, 0.05) is 50.6 Å². The molecule has 6 heteroatoms. The van der Waals surface area contributed by atoms with Crippen molar-refractivity contribution in [2.45, 2.75) is 6.61 Å². The first-order valence-electron chi connectivity index (χ1n) is 9.75. The van der Waals surface area contributed by atoms with Crippen LogP contribution in [0.3, 0.4) is 0 Å². The third-order valence-corrected chi connectivity index (χ3v) is 5.08. The molecular weight excluding hydrogens is 364 g/mol. The van der Waals surface area contributed by atoms with E-state index in [1.165, 1.54) is 0 Å². The zero-order valence-corrected chi connectivity index (χ0v) is 16.5. The number of methoxy groups -OCH3 is 1. The summed E-state index contributed by atoms with van der Waals surface area (Å²) < 4.78 is 5.12. The second-order valence-electron chi connectivity index (χ2n) is 7.01. The Morgan fingerprint density at radius 3 is 2.38 bits per heavy atom. The number of ether oxygens (including phenoxy) is 1. The van der Waals surface area contributed by atoms with Crippen LogP contribution in [-0.4, -0.2) is 54.1 Å². The fraction of sp³-hybridized carbons (Fsp3) is 0.261. The molecule has 1 fully saturated rings. The fourth-order valence-electron chi connectivity index (χ4n) is 3.48. The normalized spacial score (nSPS) is 14.1. The number of aromatic nitrogens is 2. The van der Waals surface area contributed by atoms with E-state index in [2.05, 4.69) is 9.88 Å². The first kappa shape index (κ1) is 19.1. The number of nitrogens with zero attached hydrogens (tertiary/aromatic N) is 4. The lowest BCUT2D eigenvalue weighted by Gasteiger charge is -2.35. The number of piperazine rings is 1. The summed E-state index contributed by atoms with van der Waals surface area (Å²) in [4.78, 5) is 26.0. The Morgan fingerprint density at radius 1 is 0.966 bits per heavy atom. The molecule has 0 N–H and O–H groups in total. The predicted octanol–water partition coefficient (Wildman–Crippen LogP) is 3.25. The number of rotatable bonds is 5. The Hall–Kier alpha value is -3.25. The summed E-state index contributed by atoms with van der Waals surface area (Å²) >= 11 is 0. The summed E-state index contributed by atoms with van der Waals surface area (Å²) in [5, 5.41) is 0. The van der Waals surface area contributed by atoms with Gasteiger partial charge in [0.25, 0.3) is 5.91 Å². The third-order valence-electron chi connectivity index (χ3n) is 5.08. The molecule has 29 heavy (non-hydrogen) atoms. The van der Waals surface area contributed by atoms with Crippen molar-refractivity contribution in [3.8, 4) is 11.4 Å². The van der Waals surface area contributed by atoms with Gasteiger partial charge in [0.1, 0.15) is 5.82 Å². The number of anilines is 1. The Bertz CT molecular complexity index is 952. The Balaban J connectivity index is 1.40. The van der Waals surface area contributed by atoms with Gasteiger partial charge < -0.3 is 14.5 Å². The SMILES string of the molecule is COCc1ccc(C(=O)N2CCN(c3ccnc(-c4ccccc4)n3)CC2)cc1. The van der Waals surface area contributed by atoms with Crippen molar-refractivity contribution in [2.75, 3.05) is 38.2 Å². The minimum atomic E-state index is 0.0706. The summed E-state index contributed by atoms with van der Waals surface area (Å²) in [7, 11) is 1.67. The molecule has 0 bridgehead atoms. The van der Waals surface area contributed by atoms with Crippen LogP contribution in [0.2, 0.25) is 0 Å². The van der Waals surface area contributed by atoms with Crippen LogP contribution in [0.15, 0.2) is 66.9 Å². The molecule has 1 aliphatic heterocycles. The lowest BCUT2D eigenvalue weighted by molar-refractivity contribution is 0.0746. The van der Waals surface area contributed by atoms with Crippen molar-refractivity contribution in [3.05, 3.63) is 78.0 Å². The number of amides is 1. The zero-order chi connectivity index (χ0) is 20.1. The largest absolute Gasteiger partial charge is 0.380 e. The molecule has 1 saturated heterocycles. The highest BCUT2D eigenvalue weighted by atomic mass is 16.5. The van der Waals surface area contributed by atoms with Crippen LogP contribution in [0.4, 0.5) is 5.82 Å². The predicted molar refractivity (Wildman–Crippen MR) is 113 cm³/mol. The molecule has 1 aliphatic rings. The molecule has 3 aromatic rings. The molecule has 1 aromatic heterocycles. The standard InChI is InChI=1S/C23H24N4O2/c1-29-17-18-7-9-20(10-8-18)23(28)27-15-13-26(14-16-27)21-11-12-24-22(25-21)19-5-3-2-4-6-19/h2-12H,13-17H2,1H3. The Labute approximate surface area is 170 Å². The zero-order valence-electron chi connectivity index (χ0n) is 16.5. The van der Waals surface area contributed by atoms with E-state index in [1.54, 1.807) is 13.3 Å². The van der Waals surface area contributed by atoms with Gasteiger partial charge in [-0.1, -0.05) is 42.5 Å². The summed E-state index contributed by atoms with van der Waals surface area (Å²) in [5.41, 5.74) is 2.78. The van der Waals surface area contributed by atoms with Gasteiger partial charge in [-0.25, -0.2) is 9.97 Å². The average molecular weight is 388 g/mol. The van der Waals surface area contributed by atoms with Crippen molar-refractivity contribution in [1.29, 1.82) is 0 Å². The van der Waals surface area contributed by atoms with Gasteiger partial charge in [-0.05, 0) is 23.8 Å². The average Bonchev–Trinajstić information content (AvgIpc) is 2.80. The molecule has 1 amide bonds. The molecule has 6 nitrogen and oxygen atoms in total. The van der Waals surface area contributed by atoms with E-state index in [9.17, 15) is 4.79 Å². The van der Waals surface area contributed by atoms with E-state index in [0.717, 1.165) is 35.9 Å². The monoisotopic (exact) mass is 388 g/mol. The number of benzene rings is 2. The van der Waals surface area contributed by atoms with E-state index in [-0.39, 0.29) is 5.91 Å². The smallest absolute Gasteiger partial charge is 0.253 e. The van der Waals surface area contributed by atoms with Gasteiger partial charge in [-0.2, -0.15) is 0 Å².